The predicted molar refractivity (Wildman–Crippen MR) is 61.2 cm³/mol. The van der Waals surface area contributed by atoms with Crippen LogP contribution in [0.5, 0.6) is 0 Å². The number of carboxylic acids is 1. The van der Waals surface area contributed by atoms with E-state index in [-0.39, 0.29) is 24.1 Å². The topological polar surface area (TPSA) is 88.4 Å². The van der Waals surface area contributed by atoms with Gasteiger partial charge in [0.1, 0.15) is 0 Å². The SMILES string of the molecule is CN(C(=O)C1CC(C(=O)O)=NO1)C1CCOCC1. The molecule has 0 radical (unpaired) electrons. The zero-order chi connectivity index (χ0) is 13.1. The van der Waals surface area contributed by atoms with E-state index in [1.807, 2.05) is 0 Å². The van der Waals surface area contributed by atoms with E-state index in [4.69, 9.17) is 14.7 Å². The molecule has 0 spiro atoms. The molecule has 2 aliphatic rings. The molecule has 2 rings (SSSR count). The highest BCUT2D eigenvalue weighted by atomic mass is 16.6. The van der Waals surface area contributed by atoms with Gasteiger partial charge in [-0.15, -0.1) is 0 Å². The van der Waals surface area contributed by atoms with Crippen molar-refractivity contribution in [3.05, 3.63) is 0 Å². The van der Waals surface area contributed by atoms with E-state index in [1.54, 1.807) is 11.9 Å². The average Bonchev–Trinajstić information content (AvgIpc) is 2.88. The predicted octanol–water partition coefficient (Wildman–Crippen LogP) is -0.147. The molecule has 7 nitrogen and oxygen atoms in total. The van der Waals surface area contributed by atoms with Crippen molar-refractivity contribution >= 4 is 17.6 Å². The third kappa shape index (κ3) is 2.61. The van der Waals surface area contributed by atoms with Crippen LogP contribution in [0.2, 0.25) is 0 Å². The molecule has 0 aromatic carbocycles. The third-order valence-corrected chi connectivity index (χ3v) is 3.28. The molecule has 2 heterocycles. The van der Waals surface area contributed by atoms with Gasteiger partial charge in [0, 0.05) is 32.7 Å². The van der Waals surface area contributed by atoms with Crippen molar-refractivity contribution in [3.8, 4) is 0 Å². The maximum Gasteiger partial charge on any atom is 0.353 e. The zero-order valence-corrected chi connectivity index (χ0v) is 10.2. The summed E-state index contributed by atoms with van der Waals surface area (Å²) >= 11 is 0. The second-order valence-electron chi connectivity index (χ2n) is 4.43. The smallest absolute Gasteiger partial charge is 0.353 e. The zero-order valence-electron chi connectivity index (χ0n) is 10.2. The molecule has 1 N–H and O–H groups in total. The molecule has 0 aromatic heterocycles. The number of rotatable bonds is 3. The Morgan fingerprint density at radius 3 is 2.61 bits per heavy atom. The van der Waals surface area contributed by atoms with Gasteiger partial charge in [0.2, 0.25) is 6.10 Å². The van der Waals surface area contributed by atoms with Crippen molar-refractivity contribution in [1.29, 1.82) is 0 Å². The lowest BCUT2D eigenvalue weighted by Gasteiger charge is -2.32. The summed E-state index contributed by atoms with van der Waals surface area (Å²) in [7, 11) is 1.71. The van der Waals surface area contributed by atoms with Gasteiger partial charge in [0.05, 0.1) is 0 Å². The summed E-state index contributed by atoms with van der Waals surface area (Å²) in [4.78, 5) is 29.3. The molecular formula is C11H16N2O5. The van der Waals surface area contributed by atoms with Crippen LogP contribution in [0.25, 0.3) is 0 Å². The van der Waals surface area contributed by atoms with Crippen LogP contribution in [0.4, 0.5) is 0 Å². The lowest BCUT2D eigenvalue weighted by molar-refractivity contribution is -0.144. The third-order valence-electron chi connectivity index (χ3n) is 3.28. The van der Waals surface area contributed by atoms with Crippen molar-refractivity contribution in [2.75, 3.05) is 20.3 Å². The van der Waals surface area contributed by atoms with Crippen LogP contribution in [0.1, 0.15) is 19.3 Å². The molecule has 1 amide bonds. The molecule has 18 heavy (non-hydrogen) atoms. The maximum absolute atomic E-state index is 12.1. The normalized spacial score (nSPS) is 24.3. The lowest BCUT2D eigenvalue weighted by Crippen LogP contribution is -2.45. The van der Waals surface area contributed by atoms with Gasteiger partial charge in [0.25, 0.3) is 5.91 Å². The van der Waals surface area contributed by atoms with Crippen LogP contribution >= 0.6 is 0 Å². The fourth-order valence-electron chi connectivity index (χ4n) is 2.12. The van der Waals surface area contributed by atoms with Gasteiger partial charge < -0.3 is 19.6 Å². The summed E-state index contributed by atoms with van der Waals surface area (Å²) in [6, 6.07) is 0.128. The van der Waals surface area contributed by atoms with E-state index in [1.165, 1.54) is 0 Å². The summed E-state index contributed by atoms with van der Waals surface area (Å²) in [5.41, 5.74) is -0.103. The Balaban J connectivity index is 1.90. The summed E-state index contributed by atoms with van der Waals surface area (Å²) in [6.07, 6.45) is 0.814. The van der Waals surface area contributed by atoms with Crippen LogP contribution < -0.4 is 0 Å². The van der Waals surface area contributed by atoms with Crippen LogP contribution in [0.3, 0.4) is 0 Å². The van der Waals surface area contributed by atoms with Crippen LogP contribution in [0, 0.1) is 0 Å². The highest BCUT2D eigenvalue weighted by Gasteiger charge is 2.35. The van der Waals surface area contributed by atoms with Crippen molar-refractivity contribution < 1.29 is 24.3 Å². The van der Waals surface area contributed by atoms with Crippen molar-refractivity contribution in [2.24, 2.45) is 5.16 Å². The fourth-order valence-corrected chi connectivity index (χ4v) is 2.12. The number of oxime groups is 1. The number of amides is 1. The second kappa shape index (κ2) is 5.34. The number of carboxylic acid groups (broad SMARTS) is 1. The number of hydrogen-bond acceptors (Lipinski definition) is 5. The molecule has 1 saturated heterocycles. The molecule has 1 atom stereocenters. The molecule has 100 valence electrons. The number of carbonyl (C=O) groups excluding carboxylic acids is 1. The Labute approximate surface area is 104 Å². The number of likely N-dealkylation sites (N-methyl/N-ethyl adjacent to an activating group) is 1. The molecule has 0 aromatic rings. The molecule has 0 bridgehead atoms. The summed E-state index contributed by atoms with van der Waals surface area (Å²) < 4.78 is 5.23. The Hall–Kier alpha value is -1.63. The van der Waals surface area contributed by atoms with Gasteiger partial charge in [-0.25, -0.2) is 4.79 Å². The Morgan fingerprint density at radius 1 is 1.39 bits per heavy atom. The van der Waals surface area contributed by atoms with E-state index in [9.17, 15) is 9.59 Å². The molecule has 0 saturated carbocycles. The van der Waals surface area contributed by atoms with Crippen LogP contribution in [-0.4, -0.2) is 60.0 Å². The summed E-state index contributed by atoms with van der Waals surface area (Å²) in [6.45, 7) is 1.29. The first-order valence-electron chi connectivity index (χ1n) is 5.90. The molecule has 1 unspecified atom stereocenters. The lowest BCUT2D eigenvalue weighted by atomic mass is 10.1. The Kier molecular flexibility index (Phi) is 3.81. The molecular weight excluding hydrogens is 240 g/mol. The molecule has 1 fully saturated rings. The first-order chi connectivity index (χ1) is 8.59. The van der Waals surface area contributed by atoms with Gasteiger partial charge in [-0.1, -0.05) is 5.16 Å². The van der Waals surface area contributed by atoms with Crippen molar-refractivity contribution in [3.63, 3.8) is 0 Å². The number of ether oxygens (including phenoxy) is 1. The van der Waals surface area contributed by atoms with Gasteiger partial charge in [-0.05, 0) is 12.8 Å². The van der Waals surface area contributed by atoms with Gasteiger partial charge in [0.15, 0.2) is 5.71 Å². The van der Waals surface area contributed by atoms with Gasteiger partial charge in [-0.2, -0.15) is 0 Å². The standard InChI is InChI=1S/C11H16N2O5/c1-13(7-2-4-17-5-3-7)10(14)9-6-8(11(15)16)12-18-9/h7,9H,2-6H2,1H3,(H,15,16). The van der Waals surface area contributed by atoms with Gasteiger partial charge >= 0.3 is 5.97 Å². The number of hydrogen-bond donors (Lipinski definition) is 1. The molecule has 7 heteroatoms. The van der Waals surface area contributed by atoms with Crippen LogP contribution in [-0.2, 0) is 19.2 Å². The minimum Gasteiger partial charge on any atom is -0.477 e. The highest BCUT2D eigenvalue weighted by molar-refractivity contribution is 6.36. The fraction of sp³-hybridized carbons (Fsp3) is 0.727. The van der Waals surface area contributed by atoms with E-state index in [2.05, 4.69) is 5.16 Å². The second-order valence-corrected chi connectivity index (χ2v) is 4.43. The molecule has 0 aliphatic carbocycles. The summed E-state index contributed by atoms with van der Waals surface area (Å²) in [5.74, 6) is -1.36. The first-order valence-corrected chi connectivity index (χ1v) is 5.90. The largest absolute Gasteiger partial charge is 0.477 e. The first kappa shape index (κ1) is 12.8. The van der Waals surface area contributed by atoms with Crippen molar-refractivity contribution in [1.82, 2.24) is 4.90 Å². The Bertz CT molecular complexity index is 376. The number of nitrogens with zero attached hydrogens (tertiary/aromatic N) is 2. The minimum absolute atomic E-state index is 0.0295. The van der Waals surface area contributed by atoms with Gasteiger partial charge in [-0.3, -0.25) is 4.79 Å². The van der Waals surface area contributed by atoms with E-state index >= 15 is 0 Å². The van der Waals surface area contributed by atoms with Crippen LogP contribution in [0.15, 0.2) is 5.16 Å². The number of aliphatic carboxylic acids is 1. The quantitative estimate of drug-likeness (QED) is 0.758. The maximum atomic E-state index is 12.1. The minimum atomic E-state index is -1.14. The molecule has 2 aliphatic heterocycles. The highest BCUT2D eigenvalue weighted by Crippen LogP contribution is 2.18. The van der Waals surface area contributed by atoms with Crippen molar-refractivity contribution in [2.45, 2.75) is 31.4 Å². The Morgan fingerprint density at radius 2 is 2.06 bits per heavy atom. The average molecular weight is 256 g/mol. The summed E-state index contributed by atoms with van der Waals surface area (Å²) in [5, 5.41) is 12.2. The number of carbonyl (C=O) groups is 2. The monoisotopic (exact) mass is 256 g/mol. The van der Waals surface area contributed by atoms with E-state index in [0.717, 1.165) is 12.8 Å². The van der Waals surface area contributed by atoms with E-state index < -0.39 is 12.1 Å². The van der Waals surface area contributed by atoms with E-state index in [0.29, 0.717) is 13.2 Å².